The van der Waals surface area contributed by atoms with Crippen LogP contribution in [0.1, 0.15) is 6.92 Å². The number of amides is 1. The third kappa shape index (κ3) is 4.81. The van der Waals surface area contributed by atoms with Crippen LogP contribution in [0.5, 0.6) is 0 Å². The molecule has 0 radical (unpaired) electrons. The van der Waals surface area contributed by atoms with Crippen LogP contribution in [0.15, 0.2) is 0 Å². The topological polar surface area (TPSA) is 38.8 Å². The number of thioether (sulfide) groups is 1. The van der Waals surface area contributed by atoms with Crippen LogP contribution in [0, 0.1) is 0 Å². The highest BCUT2D eigenvalue weighted by Crippen LogP contribution is 2.08. The van der Waals surface area contributed by atoms with Crippen molar-refractivity contribution in [1.29, 1.82) is 0 Å². The number of carbonyl (C=O) groups is 1. The van der Waals surface area contributed by atoms with Gasteiger partial charge in [-0.2, -0.15) is 0 Å². The van der Waals surface area contributed by atoms with Crippen LogP contribution in [0.4, 0.5) is 0 Å². The van der Waals surface area contributed by atoms with Gasteiger partial charge in [-0.05, 0) is 19.1 Å². The van der Waals surface area contributed by atoms with Gasteiger partial charge in [0.15, 0.2) is 0 Å². The Hall–Kier alpha value is -0.330. The smallest absolute Gasteiger partial charge is 0.233 e. The Morgan fingerprint density at radius 3 is 2.80 bits per heavy atom. The van der Waals surface area contributed by atoms with E-state index in [0.717, 1.165) is 0 Å². The Morgan fingerprint density at radius 2 is 2.20 bits per heavy atom. The zero-order chi connectivity index (χ0) is 11.1. The minimum absolute atomic E-state index is 0.102. The first-order chi connectivity index (χ1) is 7.24. The minimum atomic E-state index is 0.102. The van der Waals surface area contributed by atoms with E-state index in [4.69, 9.17) is 21.7 Å². The van der Waals surface area contributed by atoms with Crippen molar-refractivity contribution in [2.45, 2.75) is 6.92 Å². The lowest BCUT2D eigenvalue weighted by Crippen LogP contribution is -2.41. The first-order valence-corrected chi connectivity index (χ1v) is 6.28. The van der Waals surface area contributed by atoms with Crippen molar-refractivity contribution in [3.63, 3.8) is 0 Å². The van der Waals surface area contributed by atoms with Gasteiger partial charge in [0.2, 0.25) is 10.3 Å². The SMILES string of the molecule is CCOC(=S)SCC(=O)N1CCOCC1. The Morgan fingerprint density at radius 1 is 1.53 bits per heavy atom. The van der Waals surface area contributed by atoms with E-state index < -0.39 is 0 Å². The van der Waals surface area contributed by atoms with E-state index in [0.29, 0.717) is 43.0 Å². The van der Waals surface area contributed by atoms with E-state index in [2.05, 4.69) is 0 Å². The highest BCUT2D eigenvalue weighted by atomic mass is 32.2. The second-order valence-electron chi connectivity index (χ2n) is 2.96. The second-order valence-corrected chi connectivity index (χ2v) is 4.54. The summed E-state index contributed by atoms with van der Waals surface area (Å²) in [6, 6.07) is 0. The molecule has 1 aliphatic rings. The fourth-order valence-electron chi connectivity index (χ4n) is 1.18. The molecule has 1 rings (SSSR count). The van der Waals surface area contributed by atoms with Gasteiger partial charge in [-0.1, -0.05) is 11.8 Å². The summed E-state index contributed by atoms with van der Waals surface area (Å²) in [7, 11) is 0. The van der Waals surface area contributed by atoms with Crippen molar-refractivity contribution in [2.75, 3.05) is 38.7 Å². The van der Waals surface area contributed by atoms with Crippen LogP contribution in [0.2, 0.25) is 0 Å². The van der Waals surface area contributed by atoms with E-state index in [9.17, 15) is 4.79 Å². The molecule has 0 atom stereocenters. The summed E-state index contributed by atoms with van der Waals surface area (Å²) in [6.07, 6.45) is 0. The number of thiocarbonyl (C=S) groups is 1. The van der Waals surface area contributed by atoms with Crippen LogP contribution >= 0.6 is 24.0 Å². The fraction of sp³-hybridized carbons (Fsp3) is 0.778. The van der Waals surface area contributed by atoms with Crippen molar-refractivity contribution < 1.29 is 14.3 Å². The molecule has 1 amide bonds. The Kier molecular flexibility index (Phi) is 5.97. The lowest BCUT2D eigenvalue weighted by Gasteiger charge is -2.26. The second kappa shape index (κ2) is 7.03. The first kappa shape index (κ1) is 12.7. The summed E-state index contributed by atoms with van der Waals surface area (Å²) in [5.41, 5.74) is 0. The highest BCUT2D eigenvalue weighted by Gasteiger charge is 2.17. The van der Waals surface area contributed by atoms with Gasteiger partial charge in [0.25, 0.3) is 0 Å². The predicted octanol–water partition coefficient (Wildman–Crippen LogP) is 0.900. The van der Waals surface area contributed by atoms with Crippen LogP contribution < -0.4 is 0 Å². The summed E-state index contributed by atoms with van der Waals surface area (Å²) >= 11 is 6.20. The summed E-state index contributed by atoms with van der Waals surface area (Å²) in [6.45, 7) is 5.05. The van der Waals surface area contributed by atoms with Crippen LogP contribution in [0.3, 0.4) is 0 Å². The number of ether oxygens (including phenoxy) is 2. The zero-order valence-electron chi connectivity index (χ0n) is 8.73. The van der Waals surface area contributed by atoms with Crippen molar-refractivity contribution in [1.82, 2.24) is 4.90 Å². The predicted molar refractivity (Wildman–Crippen MR) is 64.1 cm³/mol. The Balaban J connectivity index is 2.19. The quantitative estimate of drug-likeness (QED) is 0.695. The average molecular weight is 249 g/mol. The summed E-state index contributed by atoms with van der Waals surface area (Å²) < 4.78 is 10.7. The van der Waals surface area contributed by atoms with Gasteiger partial charge >= 0.3 is 0 Å². The fourth-order valence-corrected chi connectivity index (χ4v) is 2.10. The molecule has 1 heterocycles. The number of morpholine rings is 1. The summed E-state index contributed by atoms with van der Waals surface area (Å²) in [5, 5.41) is 0. The number of carbonyl (C=O) groups excluding carboxylic acids is 1. The third-order valence-electron chi connectivity index (χ3n) is 1.94. The lowest BCUT2D eigenvalue weighted by atomic mass is 10.4. The van der Waals surface area contributed by atoms with Gasteiger partial charge in [0.1, 0.15) is 0 Å². The van der Waals surface area contributed by atoms with E-state index in [1.165, 1.54) is 11.8 Å². The Labute approximate surface area is 99.3 Å². The molecule has 0 unspecified atom stereocenters. The monoisotopic (exact) mass is 249 g/mol. The molecule has 15 heavy (non-hydrogen) atoms. The van der Waals surface area contributed by atoms with E-state index >= 15 is 0 Å². The molecule has 1 fully saturated rings. The molecule has 0 aliphatic carbocycles. The largest absolute Gasteiger partial charge is 0.479 e. The molecular weight excluding hydrogens is 234 g/mol. The van der Waals surface area contributed by atoms with Gasteiger partial charge in [-0.25, -0.2) is 0 Å². The van der Waals surface area contributed by atoms with Gasteiger partial charge < -0.3 is 14.4 Å². The maximum atomic E-state index is 11.6. The van der Waals surface area contributed by atoms with Gasteiger partial charge in [-0.15, -0.1) is 0 Å². The lowest BCUT2D eigenvalue weighted by molar-refractivity contribution is -0.132. The van der Waals surface area contributed by atoms with Crippen LogP contribution in [-0.2, 0) is 14.3 Å². The van der Waals surface area contributed by atoms with Crippen molar-refractivity contribution >= 4 is 34.3 Å². The van der Waals surface area contributed by atoms with Crippen LogP contribution in [0.25, 0.3) is 0 Å². The molecule has 0 aromatic heterocycles. The molecule has 4 nitrogen and oxygen atoms in total. The zero-order valence-corrected chi connectivity index (χ0v) is 10.4. The minimum Gasteiger partial charge on any atom is -0.479 e. The third-order valence-corrected chi connectivity index (χ3v) is 3.16. The molecule has 0 saturated carbocycles. The molecule has 0 aromatic carbocycles. The molecular formula is C9H15NO3S2. The van der Waals surface area contributed by atoms with Gasteiger partial charge in [0, 0.05) is 13.1 Å². The molecule has 0 bridgehead atoms. The molecule has 1 saturated heterocycles. The molecule has 0 aromatic rings. The van der Waals surface area contributed by atoms with Gasteiger partial charge in [-0.3, -0.25) is 4.79 Å². The molecule has 1 aliphatic heterocycles. The molecule has 0 N–H and O–H groups in total. The van der Waals surface area contributed by atoms with Gasteiger partial charge in [0.05, 0.1) is 25.6 Å². The van der Waals surface area contributed by atoms with Crippen molar-refractivity contribution in [3.05, 3.63) is 0 Å². The first-order valence-electron chi connectivity index (χ1n) is 4.89. The molecule has 0 spiro atoms. The number of hydrogen-bond donors (Lipinski definition) is 0. The maximum absolute atomic E-state index is 11.6. The summed E-state index contributed by atoms with van der Waals surface area (Å²) in [5.74, 6) is 0.462. The number of nitrogens with zero attached hydrogens (tertiary/aromatic N) is 1. The highest BCUT2D eigenvalue weighted by molar-refractivity contribution is 8.23. The normalized spacial score (nSPS) is 16.2. The van der Waals surface area contributed by atoms with Crippen LogP contribution in [-0.4, -0.2) is 53.9 Å². The van der Waals surface area contributed by atoms with Crippen molar-refractivity contribution in [3.8, 4) is 0 Å². The molecule has 86 valence electrons. The maximum Gasteiger partial charge on any atom is 0.233 e. The standard InChI is InChI=1S/C9H15NO3S2/c1-2-13-9(14)15-7-8(11)10-3-5-12-6-4-10/h2-7H2,1H3. The number of rotatable bonds is 3. The van der Waals surface area contributed by atoms with E-state index in [1.54, 1.807) is 4.90 Å². The summed E-state index contributed by atoms with van der Waals surface area (Å²) in [4.78, 5) is 13.4. The van der Waals surface area contributed by atoms with E-state index in [1.807, 2.05) is 6.92 Å². The van der Waals surface area contributed by atoms with E-state index in [-0.39, 0.29) is 5.91 Å². The Bertz CT molecular complexity index is 229. The number of hydrogen-bond acceptors (Lipinski definition) is 5. The molecule has 6 heteroatoms. The average Bonchev–Trinajstić information content (AvgIpc) is 2.27. The van der Waals surface area contributed by atoms with Crippen molar-refractivity contribution in [2.24, 2.45) is 0 Å².